The fourth-order valence-corrected chi connectivity index (χ4v) is 1.55. The molecule has 0 N–H and O–H groups in total. The minimum atomic E-state index is -6.95. The lowest BCUT2D eigenvalue weighted by Gasteiger charge is -2.33. The van der Waals surface area contributed by atoms with Crippen molar-refractivity contribution >= 4 is 5.76 Å². The molecule has 0 atom stereocenters. The molecule has 1 heterocycles. The van der Waals surface area contributed by atoms with E-state index in [1.165, 1.54) is 0 Å². The van der Waals surface area contributed by atoms with Gasteiger partial charge >= 0.3 is 23.9 Å². The molecular weight excluding hydrogens is 357 g/mol. The maximum absolute atomic E-state index is 13.6. The standard InChI is InChI=1S/C13H10F9NO/c1-3-24-7(2)9-5-4-8(6-23-9)10(14,15)11(16,17)12(18,19)13(20,21)22/h4-6H,2-3H2,1H3. The molecule has 0 unspecified atom stereocenters. The molecule has 0 spiro atoms. The molecule has 0 fully saturated rings. The molecule has 0 aromatic carbocycles. The van der Waals surface area contributed by atoms with Crippen LogP contribution in [0.5, 0.6) is 0 Å². The summed E-state index contributed by atoms with van der Waals surface area (Å²) in [6.45, 7) is 5.01. The van der Waals surface area contributed by atoms with E-state index >= 15 is 0 Å². The largest absolute Gasteiger partial charge is 0.492 e. The van der Waals surface area contributed by atoms with Gasteiger partial charge in [0.1, 0.15) is 11.5 Å². The topological polar surface area (TPSA) is 22.1 Å². The summed E-state index contributed by atoms with van der Waals surface area (Å²) in [6.07, 6.45) is -6.81. The van der Waals surface area contributed by atoms with Crippen molar-refractivity contribution in [3.63, 3.8) is 0 Å². The highest BCUT2D eigenvalue weighted by atomic mass is 19.4. The van der Waals surface area contributed by atoms with Gasteiger partial charge in [-0.05, 0) is 19.1 Å². The first kappa shape index (κ1) is 20.1. The summed E-state index contributed by atoms with van der Waals surface area (Å²) < 4.78 is 120. The average molecular weight is 367 g/mol. The molecule has 136 valence electrons. The zero-order chi connectivity index (χ0) is 19.0. The molecule has 0 saturated heterocycles. The van der Waals surface area contributed by atoms with E-state index in [1.54, 1.807) is 6.92 Å². The molecule has 0 saturated carbocycles. The van der Waals surface area contributed by atoms with E-state index in [0.717, 1.165) is 0 Å². The molecule has 1 rings (SSSR count). The first-order chi connectivity index (χ1) is 10.7. The lowest BCUT2D eigenvalue weighted by atomic mass is 9.98. The van der Waals surface area contributed by atoms with Crippen molar-refractivity contribution in [2.24, 2.45) is 0 Å². The van der Waals surface area contributed by atoms with E-state index in [0.29, 0.717) is 6.07 Å². The van der Waals surface area contributed by atoms with Gasteiger partial charge in [0.2, 0.25) is 0 Å². The molecule has 0 amide bonds. The highest BCUT2D eigenvalue weighted by Crippen LogP contribution is 2.56. The predicted molar refractivity (Wildman–Crippen MR) is 64.7 cm³/mol. The van der Waals surface area contributed by atoms with Crippen LogP contribution >= 0.6 is 0 Å². The third-order valence-corrected chi connectivity index (χ3v) is 2.87. The summed E-state index contributed by atoms with van der Waals surface area (Å²) >= 11 is 0. The minimum absolute atomic E-state index is 0.0555. The van der Waals surface area contributed by atoms with Crippen molar-refractivity contribution in [1.29, 1.82) is 0 Å². The zero-order valence-electron chi connectivity index (χ0n) is 11.9. The summed E-state index contributed by atoms with van der Waals surface area (Å²) in [5.74, 6) is -19.6. The third-order valence-electron chi connectivity index (χ3n) is 2.87. The van der Waals surface area contributed by atoms with Crippen LogP contribution < -0.4 is 0 Å². The van der Waals surface area contributed by atoms with Crippen LogP contribution in [-0.2, 0) is 10.7 Å². The van der Waals surface area contributed by atoms with Crippen molar-refractivity contribution in [3.05, 3.63) is 36.2 Å². The number of hydrogen-bond donors (Lipinski definition) is 0. The maximum atomic E-state index is 13.6. The number of alkyl halides is 9. The second kappa shape index (κ2) is 6.17. The Balaban J connectivity index is 3.26. The molecule has 24 heavy (non-hydrogen) atoms. The number of ether oxygens (including phenoxy) is 1. The van der Waals surface area contributed by atoms with Crippen LogP contribution in [0.25, 0.3) is 5.76 Å². The number of aromatic nitrogens is 1. The summed E-state index contributed by atoms with van der Waals surface area (Å²) in [6, 6.07) is 0.927. The molecule has 0 bridgehead atoms. The van der Waals surface area contributed by atoms with Gasteiger partial charge < -0.3 is 4.74 Å². The Morgan fingerprint density at radius 3 is 1.92 bits per heavy atom. The SMILES string of the molecule is C=C(OCC)c1ccc(C(F)(F)C(F)(F)C(F)(F)C(F)(F)F)cn1. The maximum Gasteiger partial charge on any atom is 0.460 e. The molecule has 0 aliphatic carbocycles. The van der Waals surface area contributed by atoms with E-state index < -0.39 is 29.5 Å². The normalized spacial score (nSPS) is 13.8. The van der Waals surface area contributed by atoms with Gasteiger partial charge in [0, 0.05) is 11.8 Å². The molecule has 11 heteroatoms. The highest BCUT2D eigenvalue weighted by Gasteiger charge is 2.82. The van der Waals surface area contributed by atoms with Gasteiger partial charge in [0.15, 0.2) is 0 Å². The van der Waals surface area contributed by atoms with E-state index in [2.05, 4.69) is 11.6 Å². The lowest BCUT2D eigenvalue weighted by molar-refractivity contribution is -0.399. The second-order valence-corrected chi connectivity index (χ2v) is 4.51. The molecule has 0 aliphatic rings. The fraction of sp³-hybridized carbons (Fsp3) is 0.462. The summed E-state index contributed by atoms with van der Waals surface area (Å²) in [5, 5.41) is 0. The van der Waals surface area contributed by atoms with E-state index in [4.69, 9.17) is 4.74 Å². The fourth-order valence-electron chi connectivity index (χ4n) is 1.55. The van der Waals surface area contributed by atoms with Crippen molar-refractivity contribution in [2.75, 3.05) is 6.61 Å². The molecule has 0 radical (unpaired) electrons. The van der Waals surface area contributed by atoms with Crippen molar-refractivity contribution in [2.45, 2.75) is 30.9 Å². The van der Waals surface area contributed by atoms with E-state index in [-0.39, 0.29) is 30.3 Å². The summed E-state index contributed by atoms with van der Waals surface area (Å²) in [7, 11) is 0. The van der Waals surface area contributed by atoms with Crippen molar-refractivity contribution < 1.29 is 44.3 Å². The molecular formula is C13H10F9NO. The highest BCUT2D eigenvalue weighted by molar-refractivity contribution is 5.53. The van der Waals surface area contributed by atoms with Crippen molar-refractivity contribution in [1.82, 2.24) is 4.98 Å². The van der Waals surface area contributed by atoms with Gasteiger partial charge in [-0.25, -0.2) is 0 Å². The van der Waals surface area contributed by atoms with Gasteiger partial charge in [0.25, 0.3) is 0 Å². The van der Waals surface area contributed by atoms with Gasteiger partial charge in [-0.3, -0.25) is 4.98 Å². The molecule has 0 aliphatic heterocycles. The Hall–Kier alpha value is -1.94. The number of rotatable bonds is 6. The third kappa shape index (κ3) is 3.16. The average Bonchev–Trinajstić information content (AvgIpc) is 2.46. The molecule has 1 aromatic rings. The first-order valence-corrected chi connectivity index (χ1v) is 6.19. The lowest BCUT2D eigenvalue weighted by Crippen LogP contribution is -2.59. The quantitative estimate of drug-likeness (QED) is 0.521. The minimum Gasteiger partial charge on any atom is -0.492 e. The van der Waals surface area contributed by atoms with Gasteiger partial charge in [0.05, 0.1) is 6.61 Å². The van der Waals surface area contributed by atoms with Crippen molar-refractivity contribution in [3.8, 4) is 0 Å². The monoisotopic (exact) mass is 367 g/mol. The zero-order valence-corrected chi connectivity index (χ0v) is 11.9. The van der Waals surface area contributed by atoms with E-state index in [1.807, 2.05) is 0 Å². The second-order valence-electron chi connectivity index (χ2n) is 4.51. The number of pyridine rings is 1. The van der Waals surface area contributed by atoms with Crippen LogP contribution in [-0.4, -0.2) is 29.6 Å². The first-order valence-electron chi connectivity index (χ1n) is 6.19. The van der Waals surface area contributed by atoms with Crippen LogP contribution in [0, 0.1) is 0 Å². The van der Waals surface area contributed by atoms with Gasteiger partial charge in [-0.2, -0.15) is 39.5 Å². The van der Waals surface area contributed by atoms with Gasteiger partial charge in [-0.15, -0.1) is 0 Å². The Morgan fingerprint density at radius 2 is 1.54 bits per heavy atom. The Labute approximate surface area is 129 Å². The molecule has 1 aromatic heterocycles. The summed E-state index contributed by atoms with van der Waals surface area (Å²) in [4.78, 5) is 3.26. The Morgan fingerprint density at radius 1 is 1.00 bits per heavy atom. The number of nitrogens with zero attached hydrogens (tertiary/aromatic N) is 1. The summed E-state index contributed by atoms with van der Waals surface area (Å²) in [5.41, 5.74) is -1.99. The van der Waals surface area contributed by atoms with Crippen LogP contribution in [0.3, 0.4) is 0 Å². The number of hydrogen-bond acceptors (Lipinski definition) is 2. The van der Waals surface area contributed by atoms with Crippen LogP contribution in [0.2, 0.25) is 0 Å². The van der Waals surface area contributed by atoms with Gasteiger partial charge in [-0.1, -0.05) is 6.58 Å². The Bertz CT molecular complexity index is 592. The van der Waals surface area contributed by atoms with E-state index in [9.17, 15) is 39.5 Å². The smallest absolute Gasteiger partial charge is 0.460 e. The van der Waals surface area contributed by atoms with Crippen LogP contribution in [0.15, 0.2) is 24.9 Å². The van der Waals surface area contributed by atoms with Crippen LogP contribution in [0.1, 0.15) is 18.2 Å². The van der Waals surface area contributed by atoms with Crippen LogP contribution in [0.4, 0.5) is 39.5 Å². The Kier molecular flexibility index (Phi) is 5.17. The number of halogens is 9. The predicted octanol–water partition coefficient (Wildman–Crippen LogP) is 5.01. The molecule has 2 nitrogen and oxygen atoms in total.